The molecule has 0 radical (unpaired) electrons. The summed E-state index contributed by atoms with van der Waals surface area (Å²) >= 11 is 3.80. The highest BCUT2D eigenvalue weighted by molar-refractivity contribution is 9.09. The summed E-state index contributed by atoms with van der Waals surface area (Å²) in [4.78, 5) is 14.6. The van der Waals surface area contributed by atoms with Crippen LogP contribution < -0.4 is 0 Å². The van der Waals surface area contributed by atoms with Gasteiger partial charge in [-0.05, 0) is 25.7 Å². The van der Waals surface area contributed by atoms with E-state index in [1.54, 1.807) is 0 Å². The van der Waals surface area contributed by atoms with E-state index < -0.39 is 0 Å². The Labute approximate surface area is 140 Å². The number of likely N-dealkylation sites (tertiary alicyclic amines) is 1. The Morgan fingerprint density at radius 1 is 1.00 bits per heavy atom. The van der Waals surface area contributed by atoms with E-state index in [1.807, 2.05) is 0 Å². The number of carbonyl (C=O) groups excluding carboxylic acids is 1. The first-order valence-corrected chi connectivity index (χ1v) is 10.1. The van der Waals surface area contributed by atoms with E-state index in [2.05, 4.69) is 27.8 Å². The summed E-state index contributed by atoms with van der Waals surface area (Å²) in [6.07, 6.45) is 16.3. The van der Waals surface area contributed by atoms with E-state index in [4.69, 9.17) is 0 Å². The van der Waals surface area contributed by atoms with Gasteiger partial charge in [0.2, 0.25) is 5.91 Å². The molecule has 0 N–H and O–H groups in total. The Morgan fingerprint density at radius 3 is 2.48 bits per heavy atom. The molecule has 1 saturated heterocycles. The number of amides is 1. The van der Waals surface area contributed by atoms with Crippen LogP contribution in [-0.4, -0.2) is 28.7 Å². The Bertz CT molecular complexity index is 270. The third kappa shape index (κ3) is 9.55. The number of alkyl halides is 1. The van der Waals surface area contributed by atoms with Gasteiger partial charge in [-0.2, -0.15) is 0 Å². The molecule has 1 fully saturated rings. The summed E-state index contributed by atoms with van der Waals surface area (Å²) in [5, 5.41) is 0. The topological polar surface area (TPSA) is 20.3 Å². The average molecular weight is 360 g/mol. The molecule has 0 spiro atoms. The van der Waals surface area contributed by atoms with E-state index in [0.717, 1.165) is 32.4 Å². The first kappa shape index (κ1) is 19.0. The van der Waals surface area contributed by atoms with E-state index >= 15 is 0 Å². The Kier molecular flexibility index (Phi) is 11.3. The van der Waals surface area contributed by atoms with Gasteiger partial charge in [-0.25, -0.2) is 0 Å². The molecule has 0 aromatic carbocycles. The van der Waals surface area contributed by atoms with Gasteiger partial charge in [-0.1, -0.05) is 74.2 Å². The molecule has 21 heavy (non-hydrogen) atoms. The monoisotopic (exact) mass is 359 g/mol. The van der Waals surface area contributed by atoms with Crippen LogP contribution in [0.25, 0.3) is 0 Å². The highest BCUT2D eigenvalue weighted by atomic mass is 79.9. The molecule has 0 aromatic heterocycles. The fourth-order valence-corrected chi connectivity index (χ4v) is 3.57. The fraction of sp³-hybridized carbons (Fsp3) is 0.944. The lowest BCUT2D eigenvalue weighted by Crippen LogP contribution is -2.32. The molecule has 3 heteroatoms. The van der Waals surface area contributed by atoms with Crippen molar-refractivity contribution in [3.05, 3.63) is 0 Å². The van der Waals surface area contributed by atoms with E-state index in [0.29, 0.717) is 10.7 Å². The molecular formula is C18H34BrNO. The molecule has 2 nitrogen and oxygen atoms in total. The van der Waals surface area contributed by atoms with Crippen molar-refractivity contribution >= 4 is 21.8 Å². The average Bonchev–Trinajstić information content (AvgIpc) is 2.68. The molecule has 1 amide bonds. The van der Waals surface area contributed by atoms with Crippen molar-refractivity contribution < 1.29 is 4.79 Å². The smallest absolute Gasteiger partial charge is 0.222 e. The van der Waals surface area contributed by atoms with Gasteiger partial charge in [-0.3, -0.25) is 4.79 Å². The van der Waals surface area contributed by atoms with Crippen LogP contribution in [0.15, 0.2) is 0 Å². The molecule has 124 valence electrons. The second-order valence-corrected chi connectivity index (χ2v) is 7.78. The number of hydrogen-bond donors (Lipinski definition) is 0. The fourth-order valence-electron chi connectivity index (χ4n) is 3.04. The predicted molar refractivity (Wildman–Crippen MR) is 95.0 cm³/mol. The van der Waals surface area contributed by atoms with Crippen LogP contribution in [0.3, 0.4) is 0 Å². The van der Waals surface area contributed by atoms with Crippen molar-refractivity contribution in [3.63, 3.8) is 0 Å². The lowest BCUT2D eigenvalue weighted by atomic mass is 10.1. The molecule has 0 aromatic rings. The van der Waals surface area contributed by atoms with Crippen molar-refractivity contribution in [2.75, 3.05) is 13.1 Å². The maximum atomic E-state index is 11.9. The minimum atomic E-state index is 0.378. The van der Waals surface area contributed by atoms with Gasteiger partial charge in [0.05, 0.1) is 0 Å². The zero-order chi connectivity index (χ0) is 15.3. The molecule has 1 rings (SSSR count). The number of carbonyl (C=O) groups is 1. The summed E-state index contributed by atoms with van der Waals surface area (Å²) in [5.74, 6) is 0.378. The molecule has 0 bridgehead atoms. The van der Waals surface area contributed by atoms with Gasteiger partial charge in [0.25, 0.3) is 0 Å². The summed E-state index contributed by atoms with van der Waals surface area (Å²) in [7, 11) is 0. The van der Waals surface area contributed by atoms with Crippen LogP contribution in [0.4, 0.5) is 0 Å². The first-order valence-electron chi connectivity index (χ1n) is 9.16. The van der Waals surface area contributed by atoms with E-state index in [1.165, 1.54) is 64.2 Å². The maximum Gasteiger partial charge on any atom is 0.222 e. The van der Waals surface area contributed by atoms with Crippen LogP contribution in [0.5, 0.6) is 0 Å². The van der Waals surface area contributed by atoms with E-state index in [-0.39, 0.29) is 0 Å². The van der Waals surface area contributed by atoms with Gasteiger partial charge in [0.1, 0.15) is 0 Å². The molecule has 1 unspecified atom stereocenters. The van der Waals surface area contributed by atoms with Crippen LogP contribution in [-0.2, 0) is 4.79 Å². The number of halogens is 1. The van der Waals surface area contributed by atoms with Gasteiger partial charge >= 0.3 is 0 Å². The maximum absolute atomic E-state index is 11.9. The van der Waals surface area contributed by atoms with Gasteiger partial charge < -0.3 is 4.90 Å². The minimum Gasteiger partial charge on any atom is -0.343 e. The van der Waals surface area contributed by atoms with Crippen molar-refractivity contribution in [1.29, 1.82) is 0 Å². The van der Waals surface area contributed by atoms with Crippen LogP contribution in [0, 0.1) is 0 Å². The van der Waals surface area contributed by atoms with E-state index in [9.17, 15) is 4.79 Å². The second kappa shape index (κ2) is 12.5. The number of hydrogen-bond acceptors (Lipinski definition) is 1. The molecular weight excluding hydrogens is 326 g/mol. The third-order valence-corrected chi connectivity index (χ3v) is 5.42. The second-order valence-electron chi connectivity index (χ2n) is 6.49. The van der Waals surface area contributed by atoms with Gasteiger partial charge in [-0.15, -0.1) is 0 Å². The van der Waals surface area contributed by atoms with Crippen LogP contribution >= 0.6 is 15.9 Å². The van der Waals surface area contributed by atoms with Gasteiger partial charge in [0, 0.05) is 24.3 Å². The standard InChI is InChI=1S/C18H34BrNO/c1-2-3-4-5-6-7-9-12-17(19)14-16-20-15-11-8-10-13-18(20)21/h17H,2-16H2,1H3. The highest BCUT2D eigenvalue weighted by Gasteiger charge is 2.17. The summed E-state index contributed by atoms with van der Waals surface area (Å²) in [6, 6.07) is 0. The molecule has 1 atom stereocenters. The number of rotatable bonds is 11. The Balaban J connectivity index is 2.00. The van der Waals surface area contributed by atoms with Crippen molar-refractivity contribution in [2.24, 2.45) is 0 Å². The SMILES string of the molecule is CCCCCCCCCC(Br)CCN1CCCCCC1=O. The lowest BCUT2D eigenvalue weighted by Gasteiger charge is -2.22. The van der Waals surface area contributed by atoms with Gasteiger partial charge in [0.15, 0.2) is 0 Å². The third-order valence-electron chi connectivity index (χ3n) is 4.50. The van der Waals surface area contributed by atoms with Crippen molar-refractivity contribution in [3.8, 4) is 0 Å². The molecule has 0 saturated carbocycles. The minimum absolute atomic E-state index is 0.378. The molecule has 1 aliphatic rings. The van der Waals surface area contributed by atoms with Crippen LogP contribution in [0.1, 0.15) is 90.4 Å². The summed E-state index contributed by atoms with van der Waals surface area (Å²) in [5.41, 5.74) is 0. The Hall–Kier alpha value is -0.0500. The molecule has 0 aliphatic carbocycles. The number of nitrogens with zero attached hydrogens (tertiary/aromatic N) is 1. The van der Waals surface area contributed by atoms with Crippen molar-refractivity contribution in [1.82, 2.24) is 4.90 Å². The summed E-state index contributed by atoms with van der Waals surface area (Å²) in [6.45, 7) is 4.20. The quantitative estimate of drug-likeness (QED) is 0.343. The number of unbranched alkanes of at least 4 members (excludes halogenated alkanes) is 6. The predicted octanol–water partition coefficient (Wildman–Crippen LogP) is 5.68. The van der Waals surface area contributed by atoms with Crippen LogP contribution in [0.2, 0.25) is 0 Å². The van der Waals surface area contributed by atoms with Crippen molar-refractivity contribution in [2.45, 2.75) is 95.2 Å². The highest BCUT2D eigenvalue weighted by Crippen LogP contribution is 2.18. The Morgan fingerprint density at radius 2 is 1.71 bits per heavy atom. The zero-order valence-electron chi connectivity index (χ0n) is 13.9. The molecule has 1 heterocycles. The zero-order valence-corrected chi connectivity index (χ0v) is 15.5. The molecule has 1 aliphatic heterocycles. The summed E-state index contributed by atoms with van der Waals surface area (Å²) < 4.78 is 0. The first-order chi connectivity index (χ1) is 10.2. The normalized spacial score (nSPS) is 17.8. The lowest BCUT2D eigenvalue weighted by molar-refractivity contribution is -0.130. The largest absolute Gasteiger partial charge is 0.343 e.